The molecular weight excluding hydrogens is 299 g/mol. The lowest BCUT2D eigenvalue weighted by Gasteiger charge is -2.31. The van der Waals surface area contributed by atoms with E-state index in [-0.39, 0.29) is 9.88 Å². The molecule has 0 saturated heterocycles. The van der Waals surface area contributed by atoms with Gasteiger partial charge >= 0.3 is 0 Å². The van der Waals surface area contributed by atoms with E-state index in [0.29, 0.717) is 18.4 Å². The summed E-state index contributed by atoms with van der Waals surface area (Å²) in [7, 11) is -3.90. The summed E-state index contributed by atoms with van der Waals surface area (Å²) in [5, 5.41) is 0. The number of benzene rings is 1. The molecule has 0 spiro atoms. The molecule has 0 atom stereocenters. The van der Waals surface area contributed by atoms with Crippen molar-refractivity contribution in [2.45, 2.75) is 44.0 Å². The number of thiocarbonyl (C=S) groups is 1. The highest BCUT2D eigenvalue weighted by Gasteiger charge is 2.35. The Balaban J connectivity index is 3.30. The summed E-state index contributed by atoms with van der Waals surface area (Å²) in [6.45, 7) is 5.20. The average molecular weight is 318 g/mol. The number of aryl methyl sites for hydroxylation is 1. The molecule has 112 valence electrons. The molecule has 0 aliphatic heterocycles. The van der Waals surface area contributed by atoms with E-state index in [0.717, 1.165) is 6.07 Å². The Morgan fingerprint density at radius 1 is 1.40 bits per heavy atom. The molecule has 3 N–H and O–H groups in total. The van der Waals surface area contributed by atoms with Crippen molar-refractivity contribution in [1.29, 1.82) is 0 Å². The van der Waals surface area contributed by atoms with Crippen LogP contribution < -0.4 is 10.5 Å². The van der Waals surface area contributed by atoms with E-state index >= 15 is 0 Å². The van der Waals surface area contributed by atoms with Crippen LogP contribution in [0, 0.1) is 12.7 Å². The molecule has 0 saturated carbocycles. The molecule has 0 radical (unpaired) electrons. The van der Waals surface area contributed by atoms with Gasteiger partial charge < -0.3 is 5.73 Å². The molecule has 4 nitrogen and oxygen atoms in total. The van der Waals surface area contributed by atoms with Gasteiger partial charge in [0.25, 0.3) is 0 Å². The smallest absolute Gasteiger partial charge is 0.241 e. The molecule has 1 rings (SSSR count). The second kappa shape index (κ2) is 6.15. The van der Waals surface area contributed by atoms with Crippen LogP contribution in [0.3, 0.4) is 0 Å². The molecular formula is C13H19FN2O2S2. The summed E-state index contributed by atoms with van der Waals surface area (Å²) >= 11 is 4.98. The second-order valence-corrected chi connectivity index (χ2v) is 6.76. The maximum atomic E-state index is 13.3. The average Bonchev–Trinajstić information content (AvgIpc) is 2.38. The van der Waals surface area contributed by atoms with Gasteiger partial charge in [0.15, 0.2) is 0 Å². The highest BCUT2D eigenvalue weighted by molar-refractivity contribution is 7.89. The van der Waals surface area contributed by atoms with Gasteiger partial charge in [0.1, 0.15) is 5.82 Å². The third-order valence-electron chi connectivity index (χ3n) is 3.45. The monoisotopic (exact) mass is 318 g/mol. The zero-order valence-corrected chi connectivity index (χ0v) is 13.4. The van der Waals surface area contributed by atoms with E-state index in [1.54, 1.807) is 20.8 Å². The number of sulfonamides is 1. The van der Waals surface area contributed by atoms with Crippen molar-refractivity contribution in [2.75, 3.05) is 0 Å². The standard InChI is InChI=1S/C13H19FN2O2S2/c1-4-13(5-2,12(15)19)16-20(17,18)11-8-10(14)7-6-9(11)3/h6-8,16H,4-5H2,1-3H3,(H2,15,19). The molecule has 1 aromatic rings. The number of hydrogen-bond acceptors (Lipinski definition) is 3. The van der Waals surface area contributed by atoms with Crippen LogP contribution in [0.2, 0.25) is 0 Å². The first kappa shape index (κ1) is 17.0. The number of halogens is 1. The third-order valence-corrected chi connectivity index (χ3v) is 5.52. The molecule has 1 aromatic carbocycles. The molecule has 0 aliphatic carbocycles. The lowest BCUT2D eigenvalue weighted by molar-refractivity contribution is 0.465. The van der Waals surface area contributed by atoms with E-state index in [9.17, 15) is 12.8 Å². The lowest BCUT2D eigenvalue weighted by Crippen LogP contribution is -2.55. The fourth-order valence-electron chi connectivity index (χ4n) is 1.97. The zero-order valence-electron chi connectivity index (χ0n) is 11.7. The van der Waals surface area contributed by atoms with Crippen LogP contribution in [0.15, 0.2) is 23.1 Å². The van der Waals surface area contributed by atoms with Crippen LogP contribution in [-0.4, -0.2) is 18.9 Å². The van der Waals surface area contributed by atoms with E-state index in [4.69, 9.17) is 18.0 Å². The van der Waals surface area contributed by atoms with Gasteiger partial charge in [0, 0.05) is 0 Å². The Bertz CT molecular complexity index is 611. The number of nitrogens with two attached hydrogens (primary N) is 1. The van der Waals surface area contributed by atoms with Gasteiger partial charge in [-0.25, -0.2) is 12.8 Å². The summed E-state index contributed by atoms with van der Waals surface area (Å²) in [6, 6.07) is 3.63. The Kier molecular flexibility index (Phi) is 5.23. The molecule has 20 heavy (non-hydrogen) atoms. The van der Waals surface area contributed by atoms with Gasteiger partial charge in [0.05, 0.1) is 15.4 Å². The van der Waals surface area contributed by atoms with Gasteiger partial charge in [-0.1, -0.05) is 32.1 Å². The van der Waals surface area contributed by atoms with Gasteiger partial charge in [-0.3, -0.25) is 0 Å². The van der Waals surface area contributed by atoms with Gasteiger partial charge in [-0.15, -0.1) is 0 Å². The second-order valence-electron chi connectivity index (χ2n) is 4.67. The highest BCUT2D eigenvalue weighted by Crippen LogP contribution is 2.22. The van der Waals surface area contributed by atoms with E-state index in [1.807, 2.05) is 0 Å². The summed E-state index contributed by atoms with van der Waals surface area (Å²) < 4.78 is 40.7. The first-order valence-electron chi connectivity index (χ1n) is 6.28. The quantitative estimate of drug-likeness (QED) is 0.789. The predicted molar refractivity (Wildman–Crippen MR) is 81.6 cm³/mol. The Morgan fingerprint density at radius 3 is 2.40 bits per heavy atom. The van der Waals surface area contributed by atoms with Crippen molar-refractivity contribution in [3.63, 3.8) is 0 Å². The summed E-state index contributed by atoms with van der Waals surface area (Å²) in [4.78, 5) is -0.0137. The third kappa shape index (κ3) is 3.34. The predicted octanol–water partition coefficient (Wildman–Crippen LogP) is 2.26. The van der Waals surface area contributed by atoms with Crippen LogP contribution >= 0.6 is 12.2 Å². The first-order chi connectivity index (χ1) is 9.18. The SMILES string of the molecule is CCC(CC)(NS(=O)(=O)c1cc(F)ccc1C)C(N)=S. The minimum Gasteiger partial charge on any atom is -0.392 e. The summed E-state index contributed by atoms with van der Waals surface area (Å²) in [5.41, 5.74) is 5.14. The maximum absolute atomic E-state index is 13.3. The van der Waals surface area contributed by atoms with E-state index in [2.05, 4.69) is 4.72 Å². The number of nitrogens with one attached hydrogen (secondary N) is 1. The molecule has 0 amide bonds. The molecule has 0 unspecified atom stereocenters. The molecule has 0 aliphatic rings. The number of hydrogen-bond donors (Lipinski definition) is 2. The van der Waals surface area contributed by atoms with Gasteiger partial charge in [0.2, 0.25) is 10.0 Å². The Labute approximate surface area is 124 Å². The topological polar surface area (TPSA) is 72.2 Å². The van der Waals surface area contributed by atoms with Crippen molar-refractivity contribution < 1.29 is 12.8 Å². The lowest BCUT2D eigenvalue weighted by atomic mass is 9.94. The zero-order chi connectivity index (χ0) is 15.6. The van der Waals surface area contributed by atoms with Crippen molar-refractivity contribution in [2.24, 2.45) is 5.73 Å². The summed E-state index contributed by atoms with van der Waals surface area (Å²) in [6.07, 6.45) is 0.846. The van der Waals surface area contributed by atoms with E-state index < -0.39 is 21.4 Å². The van der Waals surface area contributed by atoms with Crippen molar-refractivity contribution in [3.8, 4) is 0 Å². The highest BCUT2D eigenvalue weighted by atomic mass is 32.2. The Hall–Kier alpha value is -1.05. The first-order valence-corrected chi connectivity index (χ1v) is 8.17. The van der Waals surface area contributed by atoms with Gasteiger partial charge in [-0.2, -0.15) is 4.72 Å². The summed E-state index contributed by atoms with van der Waals surface area (Å²) in [5.74, 6) is -0.607. The minimum atomic E-state index is -3.90. The van der Waals surface area contributed by atoms with Crippen LogP contribution in [-0.2, 0) is 10.0 Å². The van der Waals surface area contributed by atoms with Crippen LogP contribution in [0.25, 0.3) is 0 Å². The van der Waals surface area contributed by atoms with Crippen LogP contribution in [0.5, 0.6) is 0 Å². The fourth-order valence-corrected chi connectivity index (χ4v) is 4.16. The minimum absolute atomic E-state index is 0.0835. The Morgan fingerprint density at radius 2 is 1.95 bits per heavy atom. The van der Waals surface area contributed by atoms with Crippen molar-refractivity contribution >= 4 is 27.2 Å². The van der Waals surface area contributed by atoms with Crippen LogP contribution in [0.4, 0.5) is 4.39 Å². The maximum Gasteiger partial charge on any atom is 0.241 e. The fraction of sp³-hybridized carbons (Fsp3) is 0.462. The van der Waals surface area contributed by atoms with Crippen molar-refractivity contribution in [3.05, 3.63) is 29.6 Å². The normalized spacial score (nSPS) is 12.4. The molecule has 0 heterocycles. The van der Waals surface area contributed by atoms with E-state index in [1.165, 1.54) is 12.1 Å². The van der Waals surface area contributed by atoms with Crippen LogP contribution in [0.1, 0.15) is 32.3 Å². The molecule has 0 fully saturated rings. The van der Waals surface area contributed by atoms with Gasteiger partial charge in [-0.05, 0) is 37.5 Å². The molecule has 7 heteroatoms. The largest absolute Gasteiger partial charge is 0.392 e. The number of rotatable bonds is 6. The molecule has 0 aromatic heterocycles. The van der Waals surface area contributed by atoms with Crippen molar-refractivity contribution in [1.82, 2.24) is 4.72 Å². The molecule has 0 bridgehead atoms.